The van der Waals surface area contributed by atoms with Crippen molar-refractivity contribution in [3.8, 4) is 0 Å². The van der Waals surface area contributed by atoms with Crippen LogP contribution in [-0.4, -0.2) is 47.4 Å². The Morgan fingerprint density at radius 3 is 0.947 bits per heavy atom. The van der Waals surface area contributed by atoms with Gasteiger partial charge in [0.25, 0.3) is 0 Å². The Hall–Kier alpha value is -1.40. The van der Waals surface area contributed by atoms with E-state index in [0.29, 0.717) is 25.9 Å². The molecule has 0 rings (SSSR count). The highest BCUT2D eigenvalue weighted by molar-refractivity contribution is 5.76. The van der Waals surface area contributed by atoms with E-state index in [1.54, 1.807) is 0 Å². The summed E-state index contributed by atoms with van der Waals surface area (Å²) in [6.07, 6.45) is 79.6. The summed E-state index contributed by atoms with van der Waals surface area (Å²) in [7, 11) is 0. The number of amides is 1. The lowest BCUT2D eigenvalue weighted by atomic mass is 10.0. The van der Waals surface area contributed by atoms with Crippen molar-refractivity contribution in [2.24, 2.45) is 0 Å². The standard InChI is InChI=1S/C69H135NO5/c1-3-5-7-9-11-13-15-17-18-19-29-32-35-38-41-45-49-53-57-61-67(72)66(65-71)70-68(73)62-58-54-50-46-42-39-36-33-30-27-25-23-21-20-22-24-26-28-31-34-37-40-44-48-52-56-60-64-75-69(74)63-59-55-51-47-43-16-14-12-10-8-6-4-2/h20-21,66-67,71-72H,3-19,22-65H2,1-2H3,(H,70,73)/b21-20-. The number of nitrogens with one attached hydrogen (secondary N) is 1. The van der Waals surface area contributed by atoms with Crippen LogP contribution in [0, 0.1) is 0 Å². The van der Waals surface area contributed by atoms with Gasteiger partial charge in [0, 0.05) is 12.8 Å². The van der Waals surface area contributed by atoms with Crippen LogP contribution in [0.1, 0.15) is 393 Å². The fourth-order valence-electron chi connectivity index (χ4n) is 11.1. The largest absolute Gasteiger partial charge is 0.466 e. The molecule has 0 aromatic rings. The van der Waals surface area contributed by atoms with E-state index >= 15 is 0 Å². The van der Waals surface area contributed by atoms with Gasteiger partial charge in [0.05, 0.1) is 25.4 Å². The molecule has 0 aliphatic carbocycles. The van der Waals surface area contributed by atoms with E-state index in [2.05, 4.69) is 31.3 Å². The van der Waals surface area contributed by atoms with Gasteiger partial charge in [0.1, 0.15) is 0 Å². The van der Waals surface area contributed by atoms with Crippen LogP contribution in [0.3, 0.4) is 0 Å². The van der Waals surface area contributed by atoms with Crippen LogP contribution in [0.25, 0.3) is 0 Å². The predicted molar refractivity (Wildman–Crippen MR) is 329 cm³/mol. The second kappa shape index (κ2) is 65.1. The fraction of sp³-hybridized carbons (Fsp3) is 0.942. The van der Waals surface area contributed by atoms with Crippen LogP contribution >= 0.6 is 0 Å². The van der Waals surface area contributed by atoms with E-state index in [4.69, 9.17) is 4.74 Å². The lowest BCUT2D eigenvalue weighted by molar-refractivity contribution is -0.143. The van der Waals surface area contributed by atoms with Crippen LogP contribution in [0.2, 0.25) is 0 Å². The first kappa shape index (κ1) is 73.6. The highest BCUT2D eigenvalue weighted by Crippen LogP contribution is 2.19. The minimum Gasteiger partial charge on any atom is -0.466 e. The Labute approximate surface area is 469 Å². The third-order valence-corrected chi connectivity index (χ3v) is 16.3. The second-order valence-electron chi connectivity index (χ2n) is 23.9. The lowest BCUT2D eigenvalue weighted by Gasteiger charge is -2.22. The first-order valence-electron chi connectivity index (χ1n) is 34.4. The number of ether oxygens (including phenoxy) is 1. The van der Waals surface area contributed by atoms with Gasteiger partial charge >= 0.3 is 5.97 Å². The zero-order chi connectivity index (χ0) is 54.3. The number of carbonyl (C=O) groups excluding carboxylic acids is 2. The molecule has 0 fully saturated rings. The molecular formula is C69H135NO5. The molecule has 0 saturated carbocycles. The van der Waals surface area contributed by atoms with Gasteiger partial charge in [-0.15, -0.1) is 0 Å². The number of aliphatic hydroxyl groups excluding tert-OH is 2. The summed E-state index contributed by atoms with van der Waals surface area (Å²) in [6, 6.07) is -0.542. The number of unbranched alkanes of at least 4 members (excludes halogenated alkanes) is 52. The average molecular weight is 1060 g/mol. The van der Waals surface area contributed by atoms with Crippen molar-refractivity contribution in [3.05, 3.63) is 12.2 Å². The van der Waals surface area contributed by atoms with Gasteiger partial charge in [-0.25, -0.2) is 0 Å². The summed E-state index contributed by atoms with van der Waals surface area (Å²) in [5, 5.41) is 23.4. The highest BCUT2D eigenvalue weighted by Gasteiger charge is 2.20. The molecule has 446 valence electrons. The Bertz CT molecular complexity index is 1130. The smallest absolute Gasteiger partial charge is 0.305 e. The van der Waals surface area contributed by atoms with Crippen molar-refractivity contribution in [2.75, 3.05) is 13.2 Å². The number of carbonyl (C=O) groups is 2. The number of rotatable bonds is 65. The van der Waals surface area contributed by atoms with E-state index in [1.807, 2.05) is 0 Å². The molecule has 3 N–H and O–H groups in total. The van der Waals surface area contributed by atoms with E-state index in [1.165, 1.54) is 321 Å². The molecule has 0 heterocycles. The van der Waals surface area contributed by atoms with Crippen LogP contribution in [-0.2, 0) is 14.3 Å². The number of esters is 1. The van der Waals surface area contributed by atoms with Crippen molar-refractivity contribution >= 4 is 11.9 Å². The van der Waals surface area contributed by atoms with Crippen molar-refractivity contribution in [1.82, 2.24) is 5.32 Å². The monoisotopic (exact) mass is 1060 g/mol. The second-order valence-corrected chi connectivity index (χ2v) is 23.9. The first-order chi connectivity index (χ1) is 37.0. The van der Waals surface area contributed by atoms with E-state index < -0.39 is 12.1 Å². The SMILES string of the molecule is CCCCCCCCCCCCCCCCCCCCCC(O)C(CO)NC(=O)CCCCCCCCCCCCC/C=C\CCCCCCCCCCCCCCOC(=O)CCCCCCCCCCCCCC. The number of hydrogen-bond acceptors (Lipinski definition) is 5. The summed E-state index contributed by atoms with van der Waals surface area (Å²) in [6.45, 7) is 4.99. The topological polar surface area (TPSA) is 95.9 Å². The summed E-state index contributed by atoms with van der Waals surface area (Å²) in [4.78, 5) is 24.6. The Kier molecular flexibility index (Phi) is 63.9. The maximum absolute atomic E-state index is 12.5. The van der Waals surface area contributed by atoms with Gasteiger partial charge in [-0.3, -0.25) is 9.59 Å². The molecule has 6 heteroatoms. The number of hydrogen-bond donors (Lipinski definition) is 3. The average Bonchev–Trinajstić information content (AvgIpc) is 3.41. The van der Waals surface area contributed by atoms with Gasteiger partial charge in [-0.05, 0) is 51.4 Å². The predicted octanol–water partition coefficient (Wildman–Crippen LogP) is 22.0. The molecule has 0 radical (unpaired) electrons. The van der Waals surface area contributed by atoms with Crippen LogP contribution < -0.4 is 5.32 Å². The first-order valence-corrected chi connectivity index (χ1v) is 34.4. The zero-order valence-electron chi connectivity index (χ0n) is 51.1. The molecule has 0 aromatic heterocycles. The zero-order valence-corrected chi connectivity index (χ0v) is 51.1. The van der Waals surface area contributed by atoms with Gasteiger partial charge in [0.2, 0.25) is 5.91 Å². The molecule has 6 nitrogen and oxygen atoms in total. The lowest BCUT2D eigenvalue weighted by Crippen LogP contribution is -2.45. The van der Waals surface area contributed by atoms with E-state index in [-0.39, 0.29) is 18.5 Å². The number of aliphatic hydroxyl groups is 2. The molecule has 0 aliphatic rings. The number of allylic oxidation sites excluding steroid dienone is 2. The molecule has 0 spiro atoms. The maximum atomic E-state index is 12.5. The minimum atomic E-state index is -0.665. The molecular weight excluding hydrogens is 923 g/mol. The molecule has 0 saturated heterocycles. The summed E-state index contributed by atoms with van der Waals surface area (Å²) >= 11 is 0. The molecule has 1 amide bonds. The fourth-order valence-corrected chi connectivity index (χ4v) is 11.1. The van der Waals surface area contributed by atoms with Crippen molar-refractivity contribution in [1.29, 1.82) is 0 Å². The van der Waals surface area contributed by atoms with Crippen LogP contribution in [0.4, 0.5) is 0 Å². The maximum Gasteiger partial charge on any atom is 0.305 e. The normalized spacial score (nSPS) is 12.5. The molecule has 75 heavy (non-hydrogen) atoms. The molecule has 0 aliphatic heterocycles. The minimum absolute atomic E-state index is 0.0167. The summed E-state index contributed by atoms with van der Waals surface area (Å²) in [5.74, 6) is -0.0148. The quantitative estimate of drug-likeness (QED) is 0.0320. The molecule has 2 unspecified atom stereocenters. The van der Waals surface area contributed by atoms with E-state index in [9.17, 15) is 19.8 Å². The summed E-state index contributed by atoms with van der Waals surface area (Å²) in [5.41, 5.74) is 0. The van der Waals surface area contributed by atoms with Crippen molar-refractivity contribution in [3.63, 3.8) is 0 Å². The molecule has 0 aromatic carbocycles. The third kappa shape index (κ3) is 61.7. The van der Waals surface area contributed by atoms with Gasteiger partial charge < -0.3 is 20.3 Å². The van der Waals surface area contributed by atoms with Crippen LogP contribution in [0.15, 0.2) is 12.2 Å². The molecule has 0 bridgehead atoms. The van der Waals surface area contributed by atoms with E-state index in [0.717, 1.165) is 38.5 Å². The van der Waals surface area contributed by atoms with Crippen LogP contribution in [0.5, 0.6) is 0 Å². The van der Waals surface area contributed by atoms with Gasteiger partial charge in [0.15, 0.2) is 0 Å². The van der Waals surface area contributed by atoms with Gasteiger partial charge in [-0.2, -0.15) is 0 Å². The van der Waals surface area contributed by atoms with Gasteiger partial charge in [-0.1, -0.05) is 341 Å². The summed E-state index contributed by atoms with van der Waals surface area (Å²) < 4.78 is 5.48. The molecule has 2 atom stereocenters. The Morgan fingerprint density at radius 2 is 0.627 bits per heavy atom. The Morgan fingerprint density at radius 1 is 0.360 bits per heavy atom. The Balaban J connectivity index is 3.38. The highest BCUT2D eigenvalue weighted by atomic mass is 16.5. The third-order valence-electron chi connectivity index (χ3n) is 16.3. The van der Waals surface area contributed by atoms with Crippen molar-refractivity contribution in [2.45, 2.75) is 405 Å². The van der Waals surface area contributed by atoms with Crippen molar-refractivity contribution < 1.29 is 24.5 Å².